The first-order valence-electron chi connectivity index (χ1n) is 6.87. The van der Waals surface area contributed by atoms with Gasteiger partial charge in [-0.15, -0.1) is 0 Å². The van der Waals surface area contributed by atoms with E-state index in [0.717, 1.165) is 6.42 Å². The summed E-state index contributed by atoms with van der Waals surface area (Å²) in [6.45, 7) is 0.515. The van der Waals surface area contributed by atoms with Crippen LogP contribution in [0.1, 0.15) is 38.5 Å². The summed E-state index contributed by atoms with van der Waals surface area (Å²) in [5, 5.41) is 13.8. The number of esters is 1. The molecule has 1 aliphatic rings. The Morgan fingerprint density at radius 2 is 1.95 bits per heavy atom. The molecule has 3 N–H and O–H groups in total. The van der Waals surface area contributed by atoms with Gasteiger partial charge < -0.3 is 20.5 Å². The summed E-state index contributed by atoms with van der Waals surface area (Å²) in [7, 11) is 1.17. The molecule has 1 atom stereocenters. The second-order valence-corrected chi connectivity index (χ2v) is 5.01. The number of carbonyl (C=O) groups excluding carboxylic acids is 2. The number of aliphatic carboxylic acids is 1. The number of amides is 2. The Kier molecular flexibility index (Phi) is 6.83. The summed E-state index contributed by atoms with van der Waals surface area (Å²) in [6, 6.07) is -1.84. The topological polar surface area (TPSA) is 105 Å². The van der Waals surface area contributed by atoms with Crippen molar-refractivity contribution in [1.82, 2.24) is 10.6 Å². The van der Waals surface area contributed by atoms with Gasteiger partial charge in [-0.2, -0.15) is 0 Å². The van der Waals surface area contributed by atoms with Gasteiger partial charge in [-0.3, -0.25) is 4.79 Å². The van der Waals surface area contributed by atoms with Crippen LogP contribution in [0.25, 0.3) is 0 Å². The number of hydrogen-bond donors (Lipinski definition) is 3. The van der Waals surface area contributed by atoms with Gasteiger partial charge in [0, 0.05) is 6.54 Å². The highest BCUT2D eigenvalue weighted by molar-refractivity contribution is 5.86. The molecular formula is C13H22N2O5. The number of carbonyl (C=O) groups is 3. The average Bonchev–Trinajstić information content (AvgIpc) is 2.90. The van der Waals surface area contributed by atoms with Gasteiger partial charge >= 0.3 is 18.0 Å². The van der Waals surface area contributed by atoms with Crippen LogP contribution in [0.4, 0.5) is 4.79 Å². The van der Waals surface area contributed by atoms with Crippen molar-refractivity contribution in [3.05, 3.63) is 0 Å². The summed E-state index contributed by atoms with van der Waals surface area (Å²) < 4.78 is 4.39. The monoisotopic (exact) mass is 286 g/mol. The maximum atomic E-state index is 11.6. The second-order valence-electron chi connectivity index (χ2n) is 5.01. The summed E-state index contributed by atoms with van der Waals surface area (Å²) in [5.41, 5.74) is 0. The van der Waals surface area contributed by atoms with Gasteiger partial charge in [0.1, 0.15) is 6.04 Å². The van der Waals surface area contributed by atoms with Gasteiger partial charge in [-0.05, 0) is 12.3 Å². The molecule has 0 aliphatic heterocycles. The van der Waals surface area contributed by atoms with Gasteiger partial charge in [0.25, 0.3) is 0 Å². The number of carboxylic acids is 1. The van der Waals surface area contributed by atoms with Crippen LogP contribution in [-0.4, -0.2) is 42.8 Å². The van der Waals surface area contributed by atoms with E-state index in [1.54, 1.807) is 0 Å². The van der Waals surface area contributed by atoms with Crippen LogP contribution in [0.2, 0.25) is 0 Å². The van der Waals surface area contributed by atoms with Crippen molar-refractivity contribution in [3.63, 3.8) is 0 Å². The van der Waals surface area contributed by atoms with E-state index in [9.17, 15) is 14.4 Å². The summed E-state index contributed by atoms with van der Waals surface area (Å²) >= 11 is 0. The molecule has 0 aromatic carbocycles. The summed E-state index contributed by atoms with van der Waals surface area (Å²) in [6.07, 6.45) is 5.41. The summed E-state index contributed by atoms with van der Waals surface area (Å²) in [4.78, 5) is 33.5. The molecule has 0 spiro atoms. The normalized spacial score (nSPS) is 16.4. The van der Waals surface area contributed by atoms with Crippen molar-refractivity contribution in [1.29, 1.82) is 0 Å². The molecule has 20 heavy (non-hydrogen) atoms. The fourth-order valence-corrected chi connectivity index (χ4v) is 2.35. The van der Waals surface area contributed by atoms with E-state index in [1.807, 2.05) is 0 Å². The maximum Gasteiger partial charge on any atom is 0.326 e. The highest BCUT2D eigenvalue weighted by Crippen LogP contribution is 2.26. The quantitative estimate of drug-likeness (QED) is 0.603. The molecule has 1 saturated carbocycles. The molecule has 114 valence electrons. The van der Waals surface area contributed by atoms with Crippen molar-refractivity contribution in [3.8, 4) is 0 Å². The molecule has 7 nitrogen and oxygen atoms in total. The lowest BCUT2D eigenvalue weighted by Crippen LogP contribution is -2.47. The molecule has 0 unspecified atom stereocenters. The number of nitrogens with one attached hydrogen (secondary N) is 2. The largest absolute Gasteiger partial charge is 0.480 e. The lowest BCUT2D eigenvalue weighted by atomic mass is 10.0. The van der Waals surface area contributed by atoms with Crippen molar-refractivity contribution >= 4 is 18.0 Å². The van der Waals surface area contributed by atoms with Gasteiger partial charge in [0.05, 0.1) is 13.5 Å². The molecular weight excluding hydrogens is 264 g/mol. The molecule has 0 aromatic rings. The minimum absolute atomic E-state index is 0.387. The van der Waals surface area contributed by atoms with Crippen LogP contribution < -0.4 is 10.6 Å². The Morgan fingerprint density at radius 3 is 2.50 bits per heavy atom. The fraction of sp³-hybridized carbons (Fsp3) is 0.769. The number of rotatable bonds is 7. The van der Waals surface area contributed by atoms with Crippen LogP contribution in [0.5, 0.6) is 0 Å². The molecule has 7 heteroatoms. The Hall–Kier alpha value is -1.79. The number of urea groups is 1. The van der Waals surface area contributed by atoms with Gasteiger partial charge in [0.2, 0.25) is 0 Å². The van der Waals surface area contributed by atoms with Crippen LogP contribution in [0.15, 0.2) is 0 Å². The highest BCUT2D eigenvalue weighted by Gasteiger charge is 2.23. The van der Waals surface area contributed by atoms with E-state index in [4.69, 9.17) is 5.11 Å². The Bertz CT molecular complexity index is 353. The highest BCUT2D eigenvalue weighted by atomic mass is 16.5. The third kappa shape index (κ3) is 5.90. The lowest BCUT2D eigenvalue weighted by molar-refractivity contribution is -0.147. The van der Waals surface area contributed by atoms with E-state index in [1.165, 1.54) is 32.8 Å². The predicted octanol–water partition coefficient (Wildman–Crippen LogP) is 0.882. The van der Waals surface area contributed by atoms with E-state index < -0.39 is 24.0 Å². The van der Waals surface area contributed by atoms with Crippen molar-refractivity contribution in [2.24, 2.45) is 5.92 Å². The molecule has 1 fully saturated rings. The van der Waals surface area contributed by atoms with Crippen LogP contribution in [0.3, 0.4) is 0 Å². The minimum Gasteiger partial charge on any atom is -0.480 e. The zero-order chi connectivity index (χ0) is 15.0. The Morgan fingerprint density at radius 1 is 1.30 bits per heavy atom. The maximum absolute atomic E-state index is 11.6. The van der Waals surface area contributed by atoms with Crippen LogP contribution in [0, 0.1) is 5.92 Å². The molecule has 0 bridgehead atoms. The van der Waals surface area contributed by atoms with Crippen LogP contribution >= 0.6 is 0 Å². The molecule has 0 aromatic heterocycles. The lowest BCUT2D eigenvalue weighted by Gasteiger charge is -2.15. The number of carboxylic acid groups (broad SMARTS) is 1. The zero-order valence-electron chi connectivity index (χ0n) is 11.7. The Labute approximate surface area is 118 Å². The first-order chi connectivity index (χ1) is 9.52. The second kappa shape index (κ2) is 8.39. The van der Waals surface area contributed by atoms with Crippen molar-refractivity contribution in [2.75, 3.05) is 13.7 Å². The molecule has 0 heterocycles. The van der Waals surface area contributed by atoms with Gasteiger partial charge in [0.15, 0.2) is 0 Å². The van der Waals surface area contributed by atoms with Crippen molar-refractivity contribution < 1.29 is 24.2 Å². The average molecular weight is 286 g/mol. The smallest absolute Gasteiger partial charge is 0.326 e. The predicted molar refractivity (Wildman–Crippen MR) is 71.2 cm³/mol. The zero-order valence-corrected chi connectivity index (χ0v) is 11.7. The van der Waals surface area contributed by atoms with Gasteiger partial charge in [-0.1, -0.05) is 25.7 Å². The summed E-state index contributed by atoms with van der Waals surface area (Å²) in [5.74, 6) is -1.29. The number of ether oxygens (including phenoxy) is 1. The van der Waals surface area contributed by atoms with E-state index in [0.29, 0.717) is 12.5 Å². The molecule has 0 saturated heterocycles. The van der Waals surface area contributed by atoms with E-state index in [-0.39, 0.29) is 6.42 Å². The molecule has 2 amide bonds. The molecule has 1 rings (SSSR count). The third-order valence-corrected chi connectivity index (χ3v) is 3.51. The molecule has 0 radical (unpaired) electrons. The minimum atomic E-state index is -1.27. The first-order valence-corrected chi connectivity index (χ1v) is 6.87. The first kappa shape index (κ1) is 16.3. The Balaban J connectivity index is 2.26. The third-order valence-electron chi connectivity index (χ3n) is 3.51. The molecule has 1 aliphatic carbocycles. The van der Waals surface area contributed by atoms with E-state index >= 15 is 0 Å². The number of hydrogen-bond acceptors (Lipinski definition) is 4. The SMILES string of the molecule is COC(=O)C[C@H](NC(=O)NCCC1CCCC1)C(=O)O. The van der Waals surface area contributed by atoms with Crippen molar-refractivity contribution in [2.45, 2.75) is 44.6 Å². The van der Waals surface area contributed by atoms with Gasteiger partial charge in [-0.25, -0.2) is 9.59 Å². The number of methoxy groups -OCH3 is 1. The van der Waals surface area contributed by atoms with Crippen LogP contribution in [-0.2, 0) is 14.3 Å². The standard InChI is InChI=1S/C13H22N2O5/c1-20-11(16)8-10(12(17)18)15-13(19)14-7-6-9-4-2-3-5-9/h9-10H,2-8H2,1H3,(H,17,18)(H2,14,15,19)/t10-/m0/s1. The van der Waals surface area contributed by atoms with E-state index in [2.05, 4.69) is 15.4 Å². The fourth-order valence-electron chi connectivity index (χ4n) is 2.35.